The minimum atomic E-state index is 0.0715. The fourth-order valence-electron chi connectivity index (χ4n) is 5.37. The van der Waals surface area contributed by atoms with Crippen molar-refractivity contribution in [2.24, 2.45) is 5.41 Å². The van der Waals surface area contributed by atoms with E-state index in [1.54, 1.807) is 6.92 Å². The summed E-state index contributed by atoms with van der Waals surface area (Å²) < 4.78 is 0. The third kappa shape index (κ3) is 3.87. The van der Waals surface area contributed by atoms with Crippen LogP contribution in [0.1, 0.15) is 62.2 Å². The number of anilines is 1. The van der Waals surface area contributed by atoms with Crippen LogP contribution in [0.15, 0.2) is 36.4 Å². The van der Waals surface area contributed by atoms with Crippen LogP contribution in [0.3, 0.4) is 0 Å². The van der Waals surface area contributed by atoms with Crippen molar-refractivity contribution in [3.05, 3.63) is 42.0 Å². The second-order valence-electron chi connectivity index (χ2n) is 9.52. The Morgan fingerprint density at radius 3 is 2.30 bits per heavy atom. The molecule has 0 amide bonds. The summed E-state index contributed by atoms with van der Waals surface area (Å²) in [6.07, 6.45) is 9.57. The van der Waals surface area contributed by atoms with Gasteiger partial charge in [0.15, 0.2) is 11.6 Å². The summed E-state index contributed by atoms with van der Waals surface area (Å²) in [5.74, 6) is 1.05. The van der Waals surface area contributed by atoms with E-state index >= 15 is 0 Å². The van der Waals surface area contributed by atoms with Gasteiger partial charge in [0.1, 0.15) is 0 Å². The molecule has 2 aromatic rings. The number of hydrogen-bond donors (Lipinski definition) is 0. The number of piperidine rings is 2. The Bertz CT molecular complexity index is 888. The summed E-state index contributed by atoms with van der Waals surface area (Å²) in [6, 6.07) is 12.6. The van der Waals surface area contributed by atoms with Crippen molar-refractivity contribution in [1.29, 1.82) is 0 Å². The maximum Gasteiger partial charge on any atom is 0.159 e. The number of hydrogen-bond acceptors (Lipinski definition) is 5. The van der Waals surface area contributed by atoms with Gasteiger partial charge in [-0.15, -0.1) is 10.2 Å². The fraction of sp³-hybridized carbons (Fsp3) is 0.560. The Kier molecular flexibility index (Phi) is 5.32. The highest BCUT2D eigenvalue weighted by Gasteiger charge is 2.39. The molecule has 1 spiro atoms. The van der Waals surface area contributed by atoms with Gasteiger partial charge in [0.25, 0.3) is 0 Å². The van der Waals surface area contributed by atoms with Gasteiger partial charge in [-0.1, -0.05) is 24.6 Å². The number of carbonyl (C=O) groups is 1. The smallest absolute Gasteiger partial charge is 0.159 e. The van der Waals surface area contributed by atoms with Gasteiger partial charge >= 0.3 is 0 Å². The summed E-state index contributed by atoms with van der Waals surface area (Å²) in [5.41, 5.74) is 3.02. The number of likely N-dealkylation sites (tertiary alicyclic amines) is 1. The molecule has 0 unspecified atom stereocenters. The molecule has 1 aromatic heterocycles. The first-order valence-corrected chi connectivity index (χ1v) is 11.6. The third-order valence-electron chi connectivity index (χ3n) is 7.81. The largest absolute Gasteiger partial charge is 0.355 e. The molecule has 2 saturated heterocycles. The number of nitrogens with zero attached hydrogens (tertiary/aromatic N) is 4. The van der Waals surface area contributed by atoms with E-state index in [2.05, 4.69) is 26.1 Å². The van der Waals surface area contributed by atoms with E-state index in [0.29, 0.717) is 11.0 Å². The van der Waals surface area contributed by atoms with E-state index in [0.717, 1.165) is 36.2 Å². The number of aromatic nitrogens is 2. The van der Waals surface area contributed by atoms with Gasteiger partial charge in [0.05, 0.1) is 5.69 Å². The number of rotatable bonds is 4. The summed E-state index contributed by atoms with van der Waals surface area (Å²) in [4.78, 5) is 16.8. The second kappa shape index (κ2) is 8.10. The topological polar surface area (TPSA) is 49.3 Å². The zero-order chi connectivity index (χ0) is 20.6. The molecule has 3 heterocycles. The number of ketones is 1. The van der Waals surface area contributed by atoms with Crippen LogP contribution in [0.4, 0.5) is 5.82 Å². The van der Waals surface area contributed by atoms with Crippen LogP contribution in [-0.2, 0) is 0 Å². The first-order chi connectivity index (χ1) is 14.6. The van der Waals surface area contributed by atoms with Gasteiger partial charge in [0, 0.05) is 30.3 Å². The Morgan fingerprint density at radius 2 is 1.70 bits per heavy atom. The van der Waals surface area contributed by atoms with Gasteiger partial charge in [0.2, 0.25) is 0 Å². The molecule has 2 aliphatic heterocycles. The molecule has 0 bridgehead atoms. The summed E-state index contributed by atoms with van der Waals surface area (Å²) in [6.45, 7) is 6.36. The zero-order valence-electron chi connectivity index (χ0n) is 18.0. The van der Waals surface area contributed by atoms with Crippen molar-refractivity contribution in [2.75, 3.05) is 31.1 Å². The number of Topliss-reactive ketones (excluding diaryl/α,β-unsaturated/α-hetero) is 1. The number of carbonyl (C=O) groups excluding carboxylic acids is 1. The molecule has 1 saturated carbocycles. The van der Waals surface area contributed by atoms with Crippen LogP contribution < -0.4 is 4.90 Å². The predicted octanol–water partition coefficient (Wildman–Crippen LogP) is 4.58. The van der Waals surface area contributed by atoms with E-state index in [1.165, 1.54) is 58.0 Å². The molecule has 0 N–H and O–H groups in total. The standard InChI is InChI=1S/C25H32N4O/c1-19(30)20-4-2-5-21(18-20)23-8-9-24(27-26-23)29-16-12-25(13-17-29)10-14-28(15-11-25)22-6-3-7-22/h2,4-5,8-9,18,22H,3,6-7,10-17H2,1H3. The normalized spacial score (nSPS) is 22.1. The fourth-order valence-corrected chi connectivity index (χ4v) is 5.37. The molecule has 0 radical (unpaired) electrons. The molecule has 1 aliphatic carbocycles. The van der Waals surface area contributed by atoms with Crippen LogP contribution in [-0.4, -0.2) is 53.1 Å². The lowest BCUT2D eigenvalue weighted by Gasteiger charge is -2.50. The van der Waals surface area contributed by atoms with Crippen molar-refractivity contribution in [2.45, 2.75) is 57.9 Å². The van der Waals surface area contributed by atoms with Crippen molar-refractivity contribution < 1.29 is 4.79 Å². The van der Waals surface area contributed by atoms with Gasteiger partial charge in [-0.05, 0) is 82.2 Å². The highest BCUT2D eigenvalue weighted by atomic mass is 16.1. The molecule has 3 fully saturated rings. The SMILES string of the molecule is CC(=O)c1cccc(-c2ccc(N3CCC4(CC3)CCN(C3CCC3)CC4)nn2)c1. The molecule has 3 aliphatic rings. The lowest BCUT2D eigenvalue weighted by atomic mass is 9.70. The second-order valence-corrected chi connectivity index (χ2v) is 9.52. The first-order valence-electron chi connectivity index (χ1n) is 11.6. The van der Waals surface area contributed by atoms with Crippen LogP contribution in [0.2, 0.25) is 0 Å². The lowest BCUT2D eigenvalue weighted by Crippen LogP contribution is -2.51. The molecule has 1 aromatic carbocycles. The Hall–Kier alpha value is -2.27. The minimum absolute atomic E-state index is 0.0715. The average molecular weight is 405 g/mol. The highest BCUT2D eigenvalue weighted by molar-refractivity contribution is 5.95. The van der Waals surface area contributed by atoms with Gasteiger partial charge in [-0.25, -0.2) is 0 Å². The summed E-state index contributed by atoms with van der Waals surface area (Å²) >= 11 is 0. The Balaban J connectivity index is 1.20. The average Bonchev–Trinajstić information content (AvgIpc) is 2.75. The first kappa shape index (κ1) is 19.7. The van der Waals surface area contributed by atoms with Crippen LogP contribution in [0.5, 0.6) is 0 Å². The third-order valence-corrected chi connectivity index (χ3v) is 7.81. The maximum atomic E-state index is 11.6. The Morgan fingerprint density at radius 1 is 0.967 bits per heavy atom. The minimum Gasteiger partial charge on any atom is -0.355 e. The molecule has 158 valence electrons. The molecule has 30 heavy (non-hydrogen) atoms. The van der Waals surface area contributed by atoms with Crippen molar-refractivity contribution in [3.63, 3.8) is 0 Å². The van der Waals surface area contributed by atoms with Crippen molar-refractivity contribution >= 4 is 11.6 Å². The quantitative estimate of drug-likeness (QED) is 0.698. The number of benzene rings is 1. The highest BCUT2D eigenvalue weighted by Crippen LogP contribution is 2.43. The van der Waals surface area contributed by atoms with E-state index < -0.39 is 0 Å². The van der Waals surface area contributed by atoms with Gasteiger partial charge in [-0.2, -0.15) is 0 Å². The van der Waals surface area contributed by atoms with Gasteiger partial charge < -0.3 is 9.80 Å². The van der Waals surface area contributed by atoms with Crippen molar-refractivity contribution in [3.8, 4) is 11.3 Å². The molecular formula is C25H32N4O. The van der Waals surface area contributed by atoms with E-state index in [4.69, 9.17) is 0 Å². The predicted molar refractivity (Wildman–Crippen MR) is 120 cm³/mol. The summed E-state index contributed by atoms with van der Waals surface area (Å²) in [7, 11) is 0. The van der Waals surface area contributed by atoms with Crippen LogP contribution in [0.25, 0.3) is 11.3 Å². The van der Waals surface area contributed by atoms with Crippen LogP contribution >= 0.6 is 0 Å². The van der Waals surface area contributed by atoms with Gasteiger partial charge in [-0.3, -0.25) is 4.79 Å². The maximum absolute atomic E-state index is 11.6. The Labute approximate surface area is 179 Å². The molecule has 5 nitrogen and oxygen atoms in total. The van der Waals surface area contributed by atoms with E-state index in [9.17, 15) is 4.79 Å². The molecule has 0 atom stereocenters. The van der Waals surface area contributed by atoms with E-state index in [1.807, 2.05) is 30.3 Å². The van der Waals surface area contributed by atoms with Crippen LogP contribution in [0, 0.1) is 5.41 Å². The van der Waals surface area contributed by atoms with Crippen molar-refractivity contribution in [1.82, 2.24) is 15.1 Å². The molecule has 5 heteroatoms. The summed E-state index contributed by atoms with van der Waals surface area (Å²) in [5, 5.41) is 8.99. The van der Waals surface area contributed by atoms with E-state index in [-0.39, 0.29) is 5.78 Å². The molecule has 5 rings (SSSR count). The zero-order valence-corrected chi connectivity index (χ0v) is 18.0. The molecular weight excluding hydrogens is 372 g/mol. The lowest BCUT2D eigenvalue weighted by molar-refractivity contribution is 0.0305. The monoisotopic (exact) mass is 404 g/mol.